The fourth-order valence-corrected chi connectivity index (χ4v) is 3.77. The maximum absolute atomic E-state index is 12.8. The van der Waals surface area contributed by atoms with Crippen LogP contribution in [0.5, 0.6) is 0 Å². The largest absolute Gasteiger partial charge is 0.351 e. The number of amides is 2. The molecule has 1 N–H and O–H groups in total. The molecule has 0 bridgehead atoms. The SMILES string of the molecule is CC(C)[C@H](C(=O)NC1CCN(c2nnnn2C)CC1)N1CCCC1=O. The van der Waals surface area contributed by atoms with Crippen LogP contribution in [0.1, 0.15) is 39.5 Å². The zero-order valence-corrected chi connectivity index (χ0v) is 15.2. The lowest BCUT2D eigenvalue weighted by atomic mass is 9.99. The number of hydrogen-bond acceptors (Lipinski definition) is 6. The van der Waals surface area contributed by atoms with Crippen LogP contribution in [0.3, 0.4) is 0 Å². The van der Waals surface area contributed by atoms with Gasteiger partial charge in [-0.15, -0.1) is 0 Å². The average Bonchev–Trinajstić information content (AvgIpc) is 3.17. The van der Waals surface area contributed by atoms with Crippen LogP contribution in [0, 0.1) is 5.92 Å². The molecule has 0 saturated carbocycles. The summed E-state index contributed by atoms with van der Waals surface area (Å²) < 4.78 is 1.66. The van der Waals surface area contributed by atoms with Crippen LogP contribution in [0.4, 0.5) is 5.95 Å². The maximum atomic E-state index is 12.8. The topological polar surface area (TPSA) is 96.2 Å². The lowest BCUT2D eigenvalue weighted by molar-refractivity contribution is -0.139. The van der Waals surface area contributed by atoms with Gasteiger partial charge >= 0.3 is 0 Å². The van der Waals surface area contributed by atoms with Crippen molar-refractivity contribution >= 4 is 17.8 Å². The number of nitrogens with zero attached hydrogens (tertiary/aromatic N) is 6. The van der Waals surface area contributed by atoms with E-state index in [1.165, 1.54) is 0 Å². The quantitative estimate of drug-likeness (QED) is 0.800. The van der Waals surface area contributed by atoms with Crippen molar-refractivity contribution in [3.8, 4) is 0 Å². The highest BCUT2D eigenvalue weighted by Gasteiger charge is 2.36. The van der Waals surface area contributed by atoms with Gasteiger partial charge in [-0.05, 0) is 35.6 Å². The Kier molecular flexibility index (Phi) is 5.19. The highest BCUT2D eigenvalue weighted by atomic mass is 16.2. The smallest absolute Gasteiger partial charge is 0.245 e. The van der Waals surface area contributed by atoms with Gasteiger partial charge in [0.15, 0.2) is 0 Å². The van der Waals surface area contributed by atoms with Gasteiger partial charge in [0.05, 0.1) is 0 Å². The number of nitrogens with one attached hydrogen (secondary N) is 1. The van der Waals surface area contributed by atoms with E-state index in [4.69, 9.17) is 0 Å². The molecule has 0 spiro atoms. The summed E-state index contributed by atoms with van der Waals surface area (Å²) in [6, 6.07) is -0.236. The Balaban J connectivity index is 1.56. The van der Waals surface area contributed by atoms with Gasteiger partial charge < -0.3 is 15.1 Å². The molecule has 2 fully saturated rings. The van der Waals surface area contributed by atoms with Crippen LogP contribution in [-0.4, -0.2) is 68.6 Å². The van der Waals surface area contributed by atoms with Gasteiger partial charge in [-0.2, -0.15) is 0 Å². The van der Waals surface area contributed by atoms with E-state index in [-0.39, 0.29) is 29.8 Å². The zero-order chi connectivity index (χ0) is 18.0. The lowest BCUT2D eigenvalue weighted by Crippen LogP contribution is -2.54. The second-order valence-corrected chi connectivity index (χ2v) is 7.25. The minimum Gasteiger partial charge on any atom is -0.351 e. The first-order valence-corrected chi connectivity index (χ1v) is 9.04. The lowest BCUT2D eigenvalue weighted by Gasteiger charge is -2.35. The van der Waals surface area contributed by atoms with E-state index in [1.807, 2.05) is 20.9 Å². The molecule has 3 heterocycles. The number of hydrogen-bond donors (Lipinski definition) is 1. The Morgan fingerprint density at radius 3 is 2.48 bits per heavy atom. The summed E-state index contributed by atoms with van der Waals surface area (Å²) in [5.74, 6) is 0.932. The molecule has 1 atom stereocenters. The second kappa shape index (κ2) is 7.37. The summed E-state index contributed by atoms with van der Waals surface area (Å²) in [5, 5.41) is 14.7. The number of anilines is 1. The Labute approximate surface area is 147 Å². The number of aryl methyl sites for hydroxylation is 1. The van der Waals surface area contributed by atoms with Crippen molar-refractivity contribution in [2.75, 3.05) is 24.5 Å². The molecule has 0 unspecified atom stereocenters. The molecule has 0 aromatic carbocycles. The van der Waals surface area contributed by atoms with Crippen molar-refractivity contribution in [1.29, 1.82) is 0 Å². The van der Waals surface area contributed by atoms with Crippen molar-refractivity contribution in [2.45, 2.75) is 51.6 Å². The average molecular weight is 349 g/mol. The Bertz CT molecular complexity index is 622. The van der Waals surface area contributed by atoms with Crippen LogP contribution < -0.4 is 10.2 Å². The van der Waals surface area contributed by atoms with Crippen molar-refractivity contribution in [3.63, 3.8) is 0 Å². The number of carbonyl (C=O) groups is 2. The molecule has 3 rings (SSSR count). The minimum absolute atomic E-state index is 0.0241. The fraction of sp³-hybridized carbons (Fsp3) is 0.812. The maximum Gasteiger partial charge on any atom is 0.245 e. The monoisotopic (exact) mass is 349 g/mol. The van der Waals surface area contributed by atoms with Gasteiger partial charge in [0.25, 0.3) is 0 Å². The van der Waals surface area contributed by atoms with Gasteiger partial charge in [-0.1, -0.05) is 18.9 Å². The van der Waals surface area contributed by atoms with E-state index >= 15 is 0 Å². The molecule has 2 saturated heterocycles. The third-order valence-electron chi connectivity index (χ3n) is 5.07. The van der Waals surface area contributed by atoms with Crippen molar-refractivity contribution in [3.05, 3.63) is 0 Å². The molecule has 9 heteroatoms. The highest BCUT2D eigenvalue weighted by molar-refractivity contribution is 5.89. The highest BCUT2D eigenvalue weighted by Crippen LogP contribution is 2.21. The van der Waals surface area contributed by atoms with E-state index in [0.717, 1.165) is 38.3 Å². The summed E-state index contributed by atoms with van der Waals surface area (Å²) in [6.45, 7) is 6.29. The summed E-state index contributed by atoms with van der Waals surface area (Å²) in [7, 11) is 1.82. The molecular weight excluding hydrogens is 322 g/mol. The normalized spacial score (nSPS) is 20.4. The predicted octanol–water partition coefficient (Wildman–Crippen LogP) is -0.0579. The molecule has 0 aliphatic carbocycles. The molecule has 2 aliphatic rings. The molecule has 1 aromatic heterocycles. The second-order valence-electron chi connectivity index (χ2n) is 7.25. The molecule has 9 nitrogen and oxygen atoms in total. The Morgan fingerprint density at radius 1 is 1.24 bits per heavy atom. The van der Waals surface area contributed by atoms with E-state index in [2.05, 4.69) is 25.7 Å². The third-order valence-corrected chi connectivity index (χ3v) is 5.07. The van der Waals surface area contributed by atoms with Crippen molar-refractivity contribution < 1.29 is 9.59 Å². The first kappa shape index (κ1) is 17.6. The van der Waals surface area contributed by atoms with Crippen molar-refractivity contribution in [2.24, 2.45) is 13.0 Å². The Hall–Kier alpha value is -2.19. The molecule has 2 amide bonds. The predicted molar refractivity (Wildman–Crippen MR) is 91.7 cm³/mol. The van der Waals surface area contributed by atoms with Gasteiger partial charge in [-0.3, -0.25) is 9.59 Å². The third kappa shape index (κ3) is 3.74. The molecule has 138 valence electrons. The number of piperidine rings is 1. The number of carbonyl (C=O) groups excluding carboxylic acids is 2. The van der Waals surface area contributed by atoms with Gasteiger partial charge in [0.1, 0.15) is 6.04 Å². The summed E-state index contributed by atoms with van der Waals surface area (Å²) in [6.07, 6.45) is 3.09. The van der Waals surface area contributed by atoms with Crippen LogP contribution >= 0.6 is 0 Å². The first-order chi connectivity index (χ1) is 12.0. The van der Waals surface area contributed by atoms with Crippen LogP contribution in [0.25, 0.3) is 0 Å². The summed E-state index contributed by atoms with van der Waals surface area (Å²) >= 11 is 0. The number of aromatic nitrogens is 4. The van der Waals surface area contributed by atoms with Crippen LogP contribution in [0.15, 0.2) is 0 Å². The molecule has 25 heavy (non-hydrogen) atoms. The number of rotatable bonds is 5. The van der Waals surface area contributed by atoms with E-state index in [0.29, 0.717) is 13.0 Å². The van der Waals surface area contributed by atoms with Gasteiger partial charge in [0, 0.05) is 39.1 Å². The van der Waals surface area contributed by atoms with Gasteiger partial charge in [0.2, 0.25) is 17.8 Å². The first-order valence-electron chi connectivity index (χ1n) is 9.04. The minimum atomic E-state index is -0.365. The van der Waals surface area contributed by atoms with Gasteiger partial charge in [-0.25, -0.2) is 4.68 Å². The van der Waals surface area contributed by atoms with Crippen molar-refractivity contribution in [1.82, 2.24) is 30.4 Å². The summed E-state index contributed by atoms with van der Waals surface area (Å²) in [4.78, 5) is 28.7. The van der Waals surface area contributed by atoms with E-state index < -0.39 is 0 Å². The van der Waals surface area contributed by atoms with E-state index in [1.54, 1.807) is 9.58 Å². The zero-order valence-electron chi connectivity index (χ0n) is 15.2. The van der Waals surface area contributed by atoms with Crippen LogP contribution in [0.2, 0.25) is 0 Å². The van der Waals surface area contributed by atoms with E-state index in [9.17, 15) is 9.59 Å². The molecule has 2 aliphatic heterocycles. The standard InChI is InChI=1S/C16H27N7O2/c1-11(2)14(23-8-4-5-13(23)24)15(25)17-12-6-9-22(10-7-12)16-18-19-20-21(16)3/h11-12,14H,4-10H2,1-3H3,(H,17,25)/t14-/m1/s1. The molecule has 0 radical (unpaired) electrons. The molecule has 1 aromatic rings. The van der Waals surface area contributed by atoms with Crippen LogP contribution in [-0.2, 0) is 16.6 Å². The Morgan fingerprint density at radius 2 is 1.96 bits per heavy atom. The number of tetrazole rings is 1. The summed E-state index contributed by atoms with van der Waals surface area (Å²) in [5.41, 5.74) is 0. The fourth-order valence-electron chi connectivity index (χ4n) is 3.77. The number of likely N-dealkylation sites (tertiary alicyclic amines) is 1. The molecular formula is C16H27N7O2.